The number of rotatable bonds is 3. The fourth-order valence-electron chi connectivity index (χ4n) is 3.27. The fourth-order valence-corrected chi connectivity index (χ4v) is 3.27. The molecule has 3 aromatic carbocycles. The molecule has 0 radical (unpaired) electrons. The summed E-state index contributed by atoms with van der Waals surface area (Å²) in [5, 5.41) is 12.8. The van der Waals surface area contributed by atoms with Crippen molar-refractivity contribution in [3.63, 3.8) is 0 Å². The zero-order valence-electron chi connectivity index (χ0n) is 13.8. The summed E-state index contributed by atoms with van der Waals surface area (Å²) < 4.78 is 2.13. The highest BCUT2D eigenvalue weighted by Gasteiger charge is 2.10. The van der Waals surface area contributed by atoms with Crippen LogP contribution >= 0.6 is 12.4 Å². The Bertz CT molecular complexity index is 1080. The molecule has 0 bridgehead atoms. The minimum Gasteiger partial charge on any atom is -0.478 e. The van der Waals surface area contributed by atoms with Gasteiger partial charge in [-0.1, -0.05) is 42.5 Å². The van der Waals surface area contributed by atoms with Crippen molar-refractivity contribution in [1.82, 2.24) is 4.57 Å². The lowest BCUT2D eigenvalue weighted by atomic mass is 10.1. The third kappa shape index (κ3) is 3.11. The number of aromatic nitrogens is 1. The van der Waals surface area contributed by atoms with E-state index in [9.17, 15) is 9.90 Å². The number of fused-ring (bicyclic) bond motifs is 2. The van der Waals surface area contributed by atoms with Crippen molar-refractivity contribution in [1.29, 1.82) is 0 Å². The molecule has 0 unspecified atom stereocenters. The van der Waals surface area contributed by atoms with Gasteiger partial charge < -0.3 is 9.67 Å². The Balaban J connectivity index is 0.00000182. The first-order valence-corrected chi connectivity index (χ1v) is 7.92. The van der Waals surface area contributed by atoms with E-state index in [0.29, 0.717) is 5.56 Å². The van der Waals surface area contributed by atoms with Crippen molar-refractivity contribution >= 4 is 40.1 Å². The van der Waals surface area contributed by atoms with Crippen molar-refractivity contribution in [3.8, 4) is 0 Å². The molecule has 0 atom stereocenters. The standard InChI is InChI=1S/C21H17NO2.ClH/c1-14-12-22(20-11-18(21(23)24)8-9-19(14)20)13-15-6-7-16-4-2-3-5-17(16)10-15;/h2-12H,13H2,1H3,(H,23,24);1H. The molecular weight excluding hydrogens is 334 g/mol. The Morgan fingerprint density at radius 3 is 2.52 bits per heavy atom. The molecule has 0 spiro atoms. The molecule has 126 valence electrons. The molecular formula is C21H18ClNO2. The second kappa shape index (κ2) is 6.61. The third-order valence-electron chi connectivity index (χ3n) is 4.50. The molecule has 4 rings (SSSR count). The maximum Gasteiger partial charge on any atom is 0.335 e. The minimum absolute atomic E-state index is 0. The largest absolute Gasteiger partial charge is 0.478 e. The highest BCUT2D eigenvalue weighted by Crippen LogP contribution is 2.24. The summed E-state index contributed by atoms with van der Waals surface area (Å²) in [6.07, 6.45) is 2.09. The summed E-state index contributed by atoms with van der Waals surface area (Å²) >= 11 is 0. The quantitative estimate of drug-likeness (QED) is 0.546. The van der Waals surface area contributed by atoms with Crippen molar-refractivity contribution < 1.29 is 9.90 Å². The van der Waals surface area contributed by atoms with Crippen LogP contribution in [0.4, 0.5) is 0 Å². The zero-order valence-corrected chi connectivity index (χ0v) is 14.6. The van der Waals surface area contributed by atoms with E-state index in [0.717, 1.165) is 23.0 Å². The average Bonchev–Trinajstić information content (AvgIpc) is 2.90. The van der Waals surface area contributed by atoms with Crippen LogP contribution in [0.5, 0.6) is 0 Å². The summed E-state index contributed by atoms with van der Waals surface area (Å²) in [4.78, 5) is 11.3. The van der Waals surface area contributed by atoms with Crippen LogP contribution in [0, 0.1) is 6.92 Å². The first-order valence-electron chi connectivity index (χ1n) is 7.92. The van der Waals surface area contributed by atoms with Gasteiger partial charge in [0.1, 0.15) is 0 Å². The number of hydrogen-bond acceptors (Lipinski definition) is 1. The number of hydrogen-bond donors (Lipinski definition) is 1. The highest BCUT2D eigenvalue weighted by molar-refractivity contribution is 5.94. The number of nitrogens with zero attached hydrogens (tertiary/aromatic N) is 1. The van der Waals surface area contributed by atoms with E-state index in [2.05, 4.69) is 48.0 Å². The number of carboxylic acid groups (broad SMARTS) is 1. The fraction of sp³-hybridized carbons (Fsp3) is 0.0952. The van der Waals surface area contributed by atoms with Crippen LogP contribution in [-0.4, -0.2) is 15.6 Å². The average molecular weight is 352 g/mol. The van der Waals surface area contributed by atoms with Gasteiger partial charge in [-0.25, -0.2) is 4.79 Å². The number of benzene rings is 3. The number of carbonyl (C=O) groups is 1. The van der Waals surface area contributed by atoms with E-state index in [4.69, 9.17) is 0 Å². The van der Waals surface area contributed by atoms with Gasteiger partial charge in [0.15, 0.2) is 0 Å². The predicted molar refractivity (Wildman–Crippen MR) is 104 cm³/mol. The van der Waals surface area contributed by atoms with Gasteiger partial charge >= 0.3 is 5.97 Å². The molecule has 0 aliphatic heterocycles. The molecule has 0 saturated carbocycles. The molecule has 4 heteroatoms. The third-order valence-corrected chi connectivity index (χ3v) is 4.50. The SMILES string of the molecule is Cc1cn(Cc2ccc3ccccc3c2)c2cc(C(=O)O)ccc12.Cl. The Hall–Kier alpha value is -2.78. The van der Waals surface area contributed by atoms with Crippen LogP contribution in [0.25, 0.3) is 21.7 Å². The Labute approximate surface area is 151 Å². The van der Waals surface area contributed by atoms with Crippen LogP contribution in [0.1, 0.15) is 21.5 Å². The molecule has 25 heavy (non-hydrogen) atoms. The molecule has 0 amide bonds. The smallest absolute Gasteiger partial charge is 0.335 e. The van der Waals surface area contributed by atoms with Crippen LogP contribution in [0.3, 0.4) is 0 Å². The number of halogens is 1. The van der Waals surface area contributed by atoms with E-state index in [1.165, 1.54) is 16.3 Å². The van der Waals surface area contributed by atoms with E-state index >= 15 is 0 Å². The van der Waals surface area contributed by atoms with Crippen LogP contribution < -0.4 is 0 Å². The van der Waals surface area contributed by atoms with Gasteiger partial charge in [-0.15, -0.1) is 12.4 Å². The highest BCUT2D eigenvalue weighted by atomic mass is 35.5. The van der Waals surface area contributed by atoms with E-state index in [1.54, 1.807) is 12.1 Å². The molecule has 0 fully saturated rings. The van der Waals surface area contributed by atoms with Crippen LogP contribution in [-0.2, 0) is 6.54 Å². The maximum atomic E-state index is 11.3. The minimum atomic E-state index is -0.895. The first kappa shape index (κ1) is 17.1. The Morgan fingerprint density at radius 1 is 1.00 bits per heavy atom. The molecule has 0 aliphatic rings. The normalized spacial score (nSPS) is 10.8. The van der Waals surface area contributed by atoms with Gasteiger partial charge in [0.2, 0.25) is 0 Å². The topological polar surface area (TPSA) is 42.2 Å². The van der Waals surface area contributed by atoms with Gasteiger partial charge in [0.05, 0.1) is 5.56 Å². The second-order valence-electron chi connectivity index (χ2n) is 6.16. The second-order valence-corrected chi connectivity index (χ2v) is 6.16. The van der Waals surface area contributed by atoms with Crippen LogP contribution in [0.2, 0.25) is 0 Å². The monoisotopic (exact) mass is 351 g/mol. The first-order chi connectivity index (χ1) is 11.6. The molecule has 1 heterocycles. The van der Waals surface area contributed by atoms with Gasteiger partial charge in [-0.3, -0.25) is 0 Å². The Morgan fingerprint density at radius 2 is 1.76 bits per heavy atom. The lowest BCUT2D eigenvalue weighted by molar-refractivity contribution is 0.0697. The summed E-state index contributed by atoms with van der Waals surface area (Å²) in [6.45, 7) is 2.78. The van der Waals surface area contributed by atoms with Crippen molar-refractivity contribution in [2.75, 3.05) is 0 Å². The van der Waals surface area contributed by atoms with E-state index < -0.39 is 5.97 Å². The van der Waals surface area contributed by atoms with E-state index in [1.807, 2.05) is 18.2 Å². The molecule has 1 N–H and O–H groups in total. The van der Waals surface area contributed by atoms with Crippen LogP contribution in [0.15, 0.2) is 66.9 Å². The Kier molecular flexibility index (Phi) is 4.51. The lowest BCUT2D eigenvalue weighted by Crippen LogP contribution is -2.00. The number of aryl methyl sites for hydroxylation is 1. The molecule has 4 aromatic rings. The molecule has 0 saturated heterocycles. The predicted octanol–water partition coefficient (Wildman–Crippen LogP) is 5.27. The van der Waals surface area contributed by atoms with Crippen molar-refractivity contribution in [2.24, 2.45) is 0 Å². The molecule has 3 nitrogen and oxygen atoms in total. The summed E-state index contributed by atoms with van der Waals surface area (Å²) in [6, 6.07) is 20.1. The summed E-state index contributed by atoms with van der Waals surface area (Å²) in [5.74, 6) is -0.895. The number of carboxylic acids is 1. The maximum absolute atomic E-state index is 11.3. The van der Waals surface area contributed by atoms with Crippen molar-refractivity contribution in [2.45, 2.75) is 13.5 Å². The number of aromatic carboxylic acids is 1. The van der Waals surface area contributed by atoms with E-state index in [-0.39, 0.29) is 12.4 Å². The van der Waals surface area contributed by atoms with Gasteiger partial charge in [-0.05, 0) is 47.0 Å². The summed E-state index contributed by atoms with van der Waals surface area (Å²) in [5.41, 5.74) is 3.63. The molecule has 1 aromatic heterocycles. The molecule has 0 aliphatic carbocycles. The van der Waals surface area contributed by atoms with Crippen molar-refractivity contribution in [3.05, 3.63) is 83.6 Å². The van der Waals surface area contributed by atoms with Gasteiger partial charge in [0.25, 0.3) is 0 Å². The van der Waals surface area contributed by atoms with Gasteiger partial charge in [0, 0.05) is 23.6 Å². The van der Waals surface area contributed by atoms with Gasteiger partial charge in [-0.2, -0.15) is 0 Å². The summed E-state index contributed by atoms with van der Waals surface area (Å²) in [7, 11) is 0. The lowest BCUT2D eigenvalue weighted by Gasteiger charge is -2.08. The zero-order chi connectivity index (χ0) is 16.7.